The number of cyclic esters (lactones) is 1. The molecule has 3 fully saturated rings. The first kappa shape index (κ1) is 26.4. The second kappa shape index (κ2) is 10.9. The van der Waals surface area contributed by atoms with E-state index in [2.05, 4.69) is 0 Å². The summed E-state index contributed by atoms with van der Waals surface area (Å²) in [4.78, 5) is 45.8. The zero-order valence-electron chi connectivity index (χ0n) is 22.2. The van der Waals surface area contributed by atoms with Crippen LogP contribution < -0.4 is 0 Å². The van der Waals surface area contributed by atoms with Crippen molar-refractivity contribution >= 4 is 17.8 Å². The molecule has 4 aliphatic heterocycles. The lowest BCUT2D eigenvalue weighted by atomic mass is 9.77. The Morgan fingerprint density at radius 2 is 1.86 bits per heavy atom. The summed E-state index contributed by atoms with van der Waals surface area (Å²) in [7, 11) is 0. The summed E-state index contributed by atoms with van der Waals surface area (Å²) >= 11 is 0. The molecular weight excluding hydrogens is 472 g/mol. The van der Waals surface area contributed by atoms with E-state index < -0.39 is 41.6 Å². The Labute approximate surface area is 220 Å². The van der Waals surface area contributed by atoms with Crippen LogP contribution in [0.25, 0.3) is 0 Å². The predicted octanol–water partition coefficient (Wildman–Crippen LogP) is 2.99. The van der Waals surface area contributed by atoms with E-state index in [1.54, 1.807) is 4.90 Å². The van der Waals surface area contributed by atoms with Crippen molar-refractivity contribution in [3.05, 3.63) is 24.3 Å². The largest absolute Gasteiger partial charge is 0.465 e. The smallest absolute Gasteiger partial charge is 0.312 e. The molecule has 1 saturated carbocycles. The molecule has 0 aromatic rings. The van der Waals surface area contributed by atoms with Gasteiger partial charge in [-0.15, -0.1) is 0 Å². The van der Waals surface area contributed by atoms with Gasteiger partial charge in [-0.1, -0.05) is 63.8 Å². The number of esters is 1. The molecule has 0 aromatic heterocycles. The molecule has 1 unspecified atom stereocenters. The highest BCUT2D eigenvalue weighted by molar-refractivity contribution is 5.99. The highest BCUT2D eigenvalue weighted by Crippen LogP contribution is 2.54. The summed E-state index contributed by atoms with van der Waals surface area (Å²) in [6, 6.07) is -1.34. The Morgan fingerprint density at radius 3 is 2.59 bits per heavy atom. The van der Waals surface area contributed by atoms with Crippen molar-refractivity contribution in [2.75, 3.05) is 19.8 Å². The number of hydrogen-bond donors (Lipinski definition) is 1. The number of rotatable bonds is 5. The number of carbonyl (C=O) groups excluding carboxylic acids is 3. The van der Waals surface area contributed by atoms with E-state index in [0.29, 0.717) is 13.2 Å². The predicted molar refractivity (Wildman–Crippen MR) is 137 cm³/mol. The molecule has 5 rings (SSSR count). The molecule has 2 saturated heterocycles. The van der Waals surface area contributed by atoms with Crippen LogP contribution in [-0.2, 0) is 23.9 Å². The molecular formula is C29H42N2O6. The topological polar surface area (TPSA) is 96.4 Å². The molecule has 0 radical (unpaired) electrons. The number of aliphatic hydroxyl groups is 1. The normalized spacial score (nSPS) is 37.3. The van der Waals surface area contributed by atoms with Crippen LogP contribution in [0.2, 0.25) is 0 Å². The molecule has 1 spiro atoms. The maximum Gasteiger partial charge on any atom is 0.312 e. The van der Waals surface area contributed by atoms with Gasteiger partial charge < -0.3 is 24.4 Å². The van der Waals surface area contributed by atoms with Crippen molar-refractivity contribution < 1.29 is 29.0 Å². The molecule has 8 heteroatoms. The fourth-order valence-corrected chi connectivity index (χ4v) is 7.27. The fraction of sp³-hybridized carbons (Fsp3) is 0.759. The summed E-state index contributed by atoms with van der Waals surface area (Å²) in [5.74, 6) is -2.59. The standard InChI is InChI=1S/C29H42N2O6/c1-3-19(2)21(18-32)31-25-27(34)30(20-12-7-6-8-13-20)16-11-15-29(25)24(26(31)33)23-22(37-29)14-9-4-5-10-17-36-28(23)35/h9,11,14-15,19-25,32H,3-8,10,12-13,16-18H2,1-2H3/b14-9-/t19-,21-,22+,23-,24-,25?,29-/m0/s1. The van der Waals surface area contributed by atoms with Crippen LogP contribution >= 0.6 is 0 Å². The highest BCUT2D eigenvalue weighted by atomic mass is 16.6. The Bertz CT molecular complexity index is 943. The van der Waals surface area contributed by atoms with E-state index in [9.17, 15) is 19.5 Å². The van der Waals surface area contributed by atoms with E-state index in [4.69, 9.17) is 9.47 Å². The minimum absolute atomic E-state index is 0.0281. The van der Waals surface area contributed by atoms with Gasteiger partial charge in [-0.2, -0.15) is 0 Å². The second-order valence-electron chi connectivity index (χ2n) is 11.5. The molecule has 37 heavy (non-hydrogen) atoms. The molecule has 0 bridgehead atoms. The second-order valence-corrected chi connectivity index (χ2v) is 11.5. The van der Waals surface area contributed by atoms with Crippen molar-refractivity contribution in [3.8, 4) is 0 Å². The average Bonchev–Trinajstić information content (AvgIpc) is 3.30. The third kappa shape index (κ3) is 4.44. The van der Waals surface area contributed by atoms with Gasteiger partial charge >= 0.3 is 5.97 Å². The first-order valence-electron chi connectivity index (χ1n) is 14.4. The van der Waals surface area contributed by atoms with Crippen LogP contribution in [-0.4, -0.2) is 82.3 Å². The molecule has 2 amide bonds. The summed E-state index contributed by atoms with van der Waals surface area (Å²) < 4.78 is 12.3. The van der Waals surface area contributed by atoms with Crippen LogP contribution in [0.15, 0.2) is 24.3 Å². The number of fused-ring (bicyclic) bond motifs is 2. The third-order valence-corrected chi connectivity index (χ3v) is 9.43. The van der Waals surface area contributed by atoms with E-state index in [0.717, 1.165) is 51.4 Å². The molecule has 7 atom stereocenters. The van der Waals surface area contributed by atoms with Crippen molar-refractivity contribution in [2.45, 2.75) is 101 Å². The maximum absolute atomic E-state index is 14.5. The van der Waals surface area contributed by atoms with Gasteiger partial charge in [-0.05, 0) is 38.0 Å². The van der Waals surface area contributed by atoms with Crippen LogP contribution in [0.4, 0.5) is 0 Å². The molecule has 4 heterocycles. The number of carbonyl (C=O) groups is 3. The minimum Gasteiger partial charge on any atom is -0.465 e. The summed E-state index contributed by atoms with van der Waals surface area (Å²) in [6.45, 7) is 4.54. The van der Waals surface area contributed by atoms with Gasteiger partial charge in [0.2, 0.25) is 11.8 Å². The van der Waals surface area contributed by atoms with Gasteiger partial charge in [0.1, 0.15) is 17.6 Å². The van der Waals surface area contributed by atoms with Crippen molar-refractivity contribution in [2.24, 2.45) is 17.8 Å². The summed E-state index contributed by atoms with van der Waals surface area (Å²) in [5, 5.41) is 10.5. The van der Waals surface area contributed by atoms with Gasteiger partial charge in [0.05, 0.1) is 31.3 Å². The third-order valence-electron chi connectivity index (χ3n) is 9.43. The van der Waals surface area contributed by atoms with E-state index in [1.165, 1.54) is 6.42 Å². The van der Waals surface area contributed by atoms with Gasteiger partial charge in [-0.3, -0.25) is 14.4 Å². The lowest BCUT2D eigenvalue weighted by Gasteiger charge is -2.42. The Balaban J connectivity index is 1.61. The van der Waals surface area contributed by atoms with Gasteiger partial charge in [0, 0.05) is 12.6 Å². The first-order chi connectivity index (χ1) is 17.9. The summed E-state index contributed by atoms with van der Waals surface area (Å²) in [5.41, 5.74) is -1.27. The molecule has 1 N–H and O–H groups in total. The molecule has 8 nitrogen and oxygen atoms in total. The van der Waals surface area contributed by atoms with Crippen molar-refractivity contribution in [1.29, 1.82) is 0 Å². The highest BCUT2D eigenvalue weighted by Gasteiger charge is 2.72. The quantitative estimate of drug-likeness (QED) is 0.448. The van der Waals surface area contributed by atoms with E-state index in [-0.39, 0.29) is 30.4 Å². The Hall–Kier alpha value is -2.19. The number of likely N-dealkylation sites (tertiary alicyclic amines) is 1. The van der Waals surface area contributed by atoms with Crippen LogP contribution in [0.5, 0.6) is 0 Å². The Morgan fingerprint density at radius 1 is 1.08 bits per heavy atom. The van der Waals surface area contributed by atoms with Crippen molar-refractivity contribution in [3.63, 3.8) is 0 Å². The van der Waals surface area contributed by atoms with Gasteiger partial charge in [0.15, 0.2) is 0 Å². The van der Waals surface area contributed by atoms with E-state index >= 15 is 0 Å². The van der Waals surface area contributed by atoms with Crippen molar-refractivity contribution in [1.82, 2.24) is 9.80 Å². The zero-order valence-corrected chi connectivity index (χ0v) is 22.2. The monoisotopic (exact) mass is 514 g/mol. The number of ether oxygens (including phenoxy) is 2. The fourth-order valence-electron chi connectivity index (χ4n) is 7.27. The number of amides is 2. The van der Waals surface area contributed by atoms with Crippen LogP contribution in [0.1, 0.15) is 71.6 Å². The van der Waals surface area contributed by atoms with Crippen LogP contribution in [0, 0.1) is 17.8 Å². The minimum atomic E-state index is -1.27. The molecule has 204 valence electrons. The lowest BCUT2D eigenvalue weighted by molar-refractivity contribution is -0.157. The first-order valence-corrected chi connectivity index (χ1v) is 14.4. The number of nitrogens with zero attached hydrogens (tertiary/aromatic N) is 2. The average molecular weight is 515 g/mol. The zero-order chi connectivity index (χ0) is 26.2. The van der Waals surface area contributed by atoms with Gasteiger partial charge in [-0.25, -0.2) is 0 Å². The summed E-state index contributed by atoms with van der Waals surface area (Å²) in [6.07, 6.45) is 15.6. The number of aliphatic hydroxyl groups excluding tert-OH is 1. The molecule has 1 aliphatic carbocycles. The lowest BCUT2D eigenvalue weighted by Crippen LogP contribution is -2.60. The van der Waals surface area contributed by atoms with E-state index in [1.807, 2.05) is 43.1 Å². The van der Waals surface area contributed by atoms with Crippen LogP contribution in [0.3, 0.4) is 0 Å². The number of hydrogen-bond acceptors (Lipinski definition) is 6. The molecule has 0 aromatic carbocycles. The van der Waals surface area contributed by atoms with Gasteiger partial charge in [0.25, 0.3) is 0 Å². The Kier molecular flexibility index (Phi) is 7.78. The SMILES string of the molecule is CC[C@H](C)[C@H](CO)N1C(=O)[C@@H]2[C@H]3C(=O)OCCCC/C=C\[C@H]3O[C@@]23C=CCN(C2CCCCC2)C(=O)C13. The molecule has 5 aliphatic rings. The number of allylic oxidation sites excluding steroid dienone is 1. The maximum atomic E-state index is 14.5.